The summed E-state index contributed by atoms with van der Waals surface area (Å²) in [5.41, 5.74) is 0. The second-order valence-electron chi connectivity index (χ2n) is 19.4. The van der Waals surface area contributed by atoms with Crippen molar-refractivity contribution in [2.45, 2.75) is 268 Å². The van der Waals surface area contributed by atoms with E-state index in [-0.39, 0.29) is 31.6 Å². The molecule has 0 aromatic carbocycles. The number of hydrogen-bond acceptors (Lipinski definition) is 14. The summed E-state index contributed by atoms with van der Waals surface area (Å²) in [5.74, 6) is 0.174. The van der Waals surface area contributed by atoms with Gasteiger partial charge in [-0.2, -0.15) is 0 Å². The maximum Gasteiger partial charge on any atom is 0.223 e. The molecular weight excluding hydrogens is 863 g/mol. The summed E-state index contributed by atoms with van der Waals surface area (Å²) in [5, 5.41) is 74.4. The molecule has 15 nitrogen and oxygen atoms in total. The molecule has 10 atom stereocenters. The molecule has 0 unspecified atom stereocenters. The number of ether oxygens (including phenoxy) is 6. The Labute approximate surface area is 405 Å². The Kier molecular flexibility index (Phi) is 38.5. The van der Waals surface area contributed by atoms with Crippen molar-refractivity contribution in [1.82, 2.24) is 5.32 Å². The zero-order chi connectivity index (χ0) is 48.7. The first-order chi connectivity index (χ1) is 32.7. The van der Waals surface area contributed by atoms with Crippen LogP contribution in [0.3, 0.4) is 0 Å². The van der Waals surface area contributed by atoms with E-state index in [2.05, 4.69) is 19.2 Å². The summed E-state index contributed by atoms with van der Waals surface area (Å²) in [6, 6.07) is 0. The van der Waals surface area contributed by atoms with Crippen LogP contribution in [-0.2, 0) is 33.2 Å². The number of unbranched alkanes of at least 4 members (excludes halogenated alkanes) is 26. The first-order valence-electron chi connectivity index (χ1n) is 27.3. The molecule has 2 aliphatic heterocycles. The second-order valence-corrected chi connectivity index (χ2v) is 19.4. The highest BCUT2D eigenvalue weighted by atomic mass is 16.7. The third-order valence-electron chi connectivity index (χ3n) is 13.6. The maximum atomic E-state index is 13.3. The number of nitrogens with one attached hydrogen (secondary N) is 1. The van der Waals surface area contributed by atoms with Gasteiger partial charge in [0.2, 0.25) is 5.91 Å². The fourth-order valence-electron chi connectivity index (χ4n) is 9.21. The number of aliphatic hydroxyl groups excluding tert-OH is 7. The van der Waals surface area contributed by atoms with Gasteiger partial charge >= 0.3 is 0 Å². The smallest absolute Gasteiger partial charge is 0.223 e. The fraction of sp³-hybridized carbons (Fsp3) is 0.981. The van der Waals surface area contributed by atoms with E-state index >= 15 is 0 Å². The van der Waals surface area contributed by atoms with E-state index in [1.54, 1.807) is 0 Å². The number of carbonyl (C=O) groups excluding carboxylic acids is 1. The molecule has 15 heteroatoms. The monoisotopic (exact) mass is 964 g/mol. The van der Waals surface area contributed by atoms with Gasteiger partial charge in [0.1, 0.15) is 48.8 Å². The Morgan fingerprint density at radius 1 is 0.463 bits per heavy atom. The van der Waals surface area contributed by atoms with Crippen molar-refractivity contribution >= 4 is 5.91 Å². The Balaban J connectivity index is 1.62. The van der Waals surface area contributed by atoms with Crippen molar-refractivity contribution in [2.24, 2.45) is 5.92 Å². The largest absolute Gasteiger partial charge is 0.394 e. The molecule has 0 saturated carbocycles. The van der Waals surface area contributed by atoms with E-state index < -0.39 is 74.6 Å². The third kappa shape index (κ3) is 28.0. The Morgan fingerprint density at radius 3 is 1.30 bits per heavy atom. The van der Waals surface area contributed by atoms with Crippen LogP contribution in [0.25, 0.3) is 0 Å². The first-order valence-corrected chi connectivity index (χ1v) is 27.3. The average molecular weight is 964 g/mol. The molecule has 67 heavy (non-hydrogen) atoms. The minimum absolute atomic E-state index is 0.0130. The van der Waals surface area contributed by atoms with Gasteiger partial charge in [-0.05, 0) is 12.8 Å². The predicted molar refractivity (Wildman–Crippen MR) is 260 cm³/mol. The van der Waals surface area contributed by atoms with Gasteiger partial charge in [-0.15, -0.1) is 0 Å². The van der Waals surface area contributed by atoms with E-state index in [9.17, 15) is 40.5 Å². The van der Waals surface area contributed by atoms with Gasteiger partial charge in [-0.3, -0.25) is 4.79 Å². The van der Waals surface area contributed by atoms with Crippen LogP contribution in [-0.4, -0.2) is 156 Å². The zero-order valence-corrected chi connectivity index (χ0v) is 42.2. The molecule has 2 rings (SSSR count). The average Bonchev–Trinajstić information content (AvgIpc) is 3.33. The molecule has 1 amide bonds. The molecule has 0 spiro atoms. The van der Waals surface area contributed by atoms with Crippen LogP contribution in [0.2, 0.25) is 0 Å². The highest BCUT2D eigenvalue weighted by Crippen LogP contribution is 2.30. The summed E-state index contributed by atoms with van der Waals surface area (Å²) in [6.45, 7) is 4.69. The van der Waals surface area contributed by atoms with Crippen LogP contribution in [0.15, 0.2) is 0 Å². The molecule has 0 radical (unpaired) electrons. The summed E-state index contributed by atoms with van der Waals surface area (Å²) in [6.07, 6.45) is 23.8. The number of carbonyl (C=O) groups is 1. The fourth-order valence-corrected chi connectivity index (χ4v) is 9.21. The number of aliphatic hydroxyl groups is 7. The summed E-state index contributed by atoms with van der Waals surface area (Å²) in [7, 11) is 0. The molecule has 2 aliphatic rings. The minimum Gasteiger partial charge on any atom is -0.394 e. The third-order valence-corrected chi connectivity index (χ3v) is 13.6. The molecule has 0 aromatic rings. The molecule has 2 fully saturated rings. The van der Waals surface area contributed by atoms with Crippen molar-refractivity contribution in [2.75, 3.05) is 52.8 Å². The van der Waals surface area contributed by atoms with Crippen molar-refractivity contribution in [3.8, 4) is 0 Å². The lowest BCUT2D eigenvalue weighted by atomic mass is 9.93. The SMILES string of the molecule is CCCCCCCCCCCCCCCCC(CCCCCCCCCCCCCCCC)C(=O)NCCOCCOCCO[C@@H]1O[C@H](CO)[C@@H](O[C@@H]2O[C@H](CO)[C@H](O)[C@H](O)[C@H]2O)[C@H](O)[C@H]1O. The number of rotatable bonds is 45. The van der Waals surface area contributed by atoms with Crippen LogP contribution >= 0.6 is 0 Å². The summed E-state index contributed by atoms with van der Waals surface area (Å²) < 4.78 is 33.4. The Morgan fingerprint density at radius 2 is 0.851 bits per heavy atom. The molecule has 0 bridgehead atoms. The molecule has 2 saturated heterocycles. The van der Waals surface area contributed by atoms with Crippen molar-refractivity contribution in [1.29, 1.82) is 0 Å². The second kappa shape index (κ2) is 41.6. The van der Waals surface area contributed by atoms with Gasteiger partial charge in [0.05, 0.1) is 46.2 Å². The lowest BCUT2D eigenvalue weighted by Crippen LogP contribution is -2.64. The molecular formula is C52H101NO14. The number of hydrogen-bond donors (Lipinski definition) is 8. The van der Waals surface area contributed by atoms with Crippen LogP contribution in [0, 0.1) is 5.92 Å². The first kappa shape index (κ1) is 62.1. The van der Waals surface area contributed by atoms with Gasteiger partial charge in [0.25, 0.3) is 0 Å². The van der Waals surface area contributed by atoms with Gasteiger partial charge in [0, 0.05) is 12.5 Å². The Hall–Kier alpha value is -1.05. The molecule has 0 aliphatic carbocycles. The molecule has 2 heterocycles. The summed E-state index contributed by atoms with van der Waals surface area (Å²) >= 11 is 0. The lowest BCUT2D eigenvalue weighted by Gasteiger charge is -2.45. The van der Waals surface area contributed by atoms with E-state index in [0.717, 1.165) is 25.7 Å². The van der Waals surface area contributed by atoms with Gasteiger partial charge in [-0.25, -0.2) is 0 Å². The van der Waals surface area contributed by atoms with Crippen LogP contribution in [0.5, 0.6) is 0 Å². The number of amides is 1. The normalized spacial score (nSPS) is 25.6. The van der Waals surface area contributed by atoms with Crippen LogP contribution in [0.1, 0.15) is 206 Å². The van der Waals surface area contributed by atoms with Crippen LogP contribution < -0.4 is 5.32 Å². The highest BCUT2D eigenvalue weighted by molar-refractivity contribution is 5.78. The van der Waals surface area contributed by atoms with Crippen molar-refractivity contribution < 1.29 is 69.0 Å². The van der Waals surface area contributed by atoms with Gasteiger partial charge in [0.15, 0.2) is 12.6 Å². The maximum absolute atomic E-state index is 13.3. The van der Waals surface area contributed by atoms with E-state index in [0.29, 0.717) is 19.8 Å². The molecule has 8 N–H and O–H groups in total. The minimum atomic E-state index is -1.75. The van der Waals surface area contributed by atoms with Gasteiger partial charge in [-0.1, -0.05) is 194 Å². The van der Waals surface area contributed by atoms with Crippen molar-refractivity contribution in [3.05, 3.63) is 0 Å². The molecule has 398 valence electrons. The van der Waals surface area contributed by atoms with Crippen molar-refractivity contribution in [3.63, 3.8) is 0 Å². The molecule has 0 aromatic heterocycles. The van der Waals surface area contributed by atoms with E-state index in [4.69, 9.17) is 28.4 Å². The van der Waals surface area contributed by atoms with Gasteiger partial charge < -0.3 is 69.5 Å². The van der Waals surface area contributed by atoms with E-state index in [1.165, 1.54) is 167 Å². The predicted octanol–water partition coefficient (Wildman–Crippen LogP) is 7.14. The zero-order valence-electron chi connectivity index (χ0n) is 42.2. The topological polar surface area (TPSA) is 226 Å². The Bertz CT molecular complexity index is 1090. The standard InChI is InChI=1S/C52H101NO14/c1-3-5-7-9-11-13-15-17-19-21-23-25-27-29-31-41(32-30-28-26-24-22-20-18-16-14-12-10-8-6-4-2)50(61)53-33-34-62-35-36-63-37-38-64-51-48(60)46(58)49(43(40-55)66-51)67-52-47(59)45(57)44(56)42(39-54)65-52/h41-49,51-52,54-60H,3-40H2,1-2H3,(H,53,61)/t42-,43-,44+,45+,46-,47-,48-,49-,51-,52+/m1/s1. The quantitative estimate of drug-likeness (QED) is 0.0284. The highest BCUT2D eigenvalue weighted by Gasteiger charge is 2.50. The summed E-state index contributed by atoms with van der Waals surface area (Å²) in [4.78, 5) is 13.3. The lowest BCUT2D eigenvalue weighted by molar-refractivity contribution is -0.359. The van der Waals surface area contributed by atoms with E-state index in [1.807, 2.05) is 0 Å². The van der Waals surface area contributed by atoms with Crippen LogP contribution in [0.4, 0.5) is 0 Å².